The summed E-state index contributed by atoms with van der Waals surface area (Å²) in [5, 5.41) is 39.5. The molecule has 8 atom stereocenters. The maximum atomic E-state index is 13.5. The molecule has 18 nitrogen and oxygen atoms in total. The largest absolute Gasteiger partial charge is 0.480 e. The number of aliphatic hydroxyl groups is 2. The van der Waals surface area contributed by atoms with Crippen LogP contribution < -0.4 is 0 Å². The van der Waals surface area contributed by atoms with Gasteiger partial charge in [-0.1, -0.05) is 364 Å². The van der Waals surface area contributed by atoms with Gasteiger partial charge in [0.05, 0.1) is 74.3 Å². The van der Waals surface area contributed by atoms with Crippen molar-refractivity contribution in [1.82, 2.24) is 19.6 Å². The second-order valence-electron chi connectivity index (χ2n) is 32.0. The molecule has 4 aliphatic heterocycles. The van der Waals surface area contributed by atoms with Crippen LogP contribution in [0.4, 0.5) is 0 Å². The Bertz CT molecular complexity index is 4770. The van der Waals surface area contributed by atoms with Gasteiger partial charge >= 0.3 is 11.9 Å². The lowest BCUT2D eigenvalue weighted by atomic mass is 9.87. The van der Waals surface area contributed by atoms with E-state index in [1.165, 1.54) is 32.1 Å². The molecule has 18 heteroatoms. The molecule has 16 rings (SSSR count). The van der Waals surface area contributed by atoms with Crippen molar-refractivity contribution in [2.24, 2.45) is 0 Å². The van der Waals surface area contributed by atoms with E-state index in [1.807, 2.05) is 315 Å². The predicted octanol–water partition coefficient (Wildman–Crippen LogP) is 16.3. The fourth-order valence-electron chi connectivity index (χ4n) is 16.9. The van der Waals surface area contributed by atoms with E-state index in [4.69, 9.17) is 18.9 Å². The number of aryl methyl sites for hydroxylation is 4. The number of hydrogen-bond donors (Lipinski definition) is 4. The lowest BCUT2D eigenvalue weighted by Gasteiger charge is -2.48. The van der Waals surface area contributed by atoms with Crippen molar-refractivity contribution in [1.29, 1.82) is 0 Å². The van der Waals surface area contributed by atoms with Crippen LogP contribution in [0.5, 0.6) is 0 Å². The number of hydrogen-bond acceptors (Lipinski definition) is 12. The quantitative estimate of drug-likeness (QED) is 0.0268. The molecule has 12 aromatic carbocycles. The van der Waals surface area contributed by atoms with Crippen molar-refractivity contribution in [3.05, 3.63) is 431 Å². The third-order valence-corrected chi connectivity index (χ3v) is 23.7. The molecule has 4 fully saturated rings. The lowest BCUT2D eigenvalue weighted by molar-refractivity contribution is -0.177. The molecule has 0 aromatic heterocycles. The van der Waals surface area contributed by atoms with Crippen molar-refractivity contribution in [3.63, 3.8) is 0 Å². The van der Waals surface area contributed by atoms with Gasteiger partial charge in [0.2, 0.25) is 23.6 Å². The van der Waals surface area contributed by atoms with E-state index in [-0.39, 0.29) is 86.1 Å². The second-order valence-corrected chi connectivity index (χ2v) is 32.0. The minimum Gasteiger partial charge on any atom is -0.480 e. The van der Waals surface area contributed by atoms with Gasteiger partial charge in [-0.05, 0) is 118 Å². The van der Waals surface area contributed by atoms with Gasteiger partial charge in [-0.15, -0.1) is 0 Å². The van der Waals surface area contributed by atoms with Crippen LogP contribution in [0.2, 0.25) is 0 Å². The number of carboxylic acid groups (broad SMARTS) is 2. The molecule has 0 aliphatic carbocycles. The number of likely N-dealkylation sites (tertiary alicyclic amines) is 4. The molecule has 4 N–H and O–H groups in total. The first-order valence-electron chi connectivity index (χ1n) is 43.8. The standard InChI is InChI=1S/2C27H27NO4.2C27H29NO3/c2*29-26(24(21-14-6-2-7-15-21)22-16-8-3-9-17-22)28-19-23(25(28)27(30)31)32-18-10-13-20-11-4-1-5-12-20;2*29-20-24-25(31-18-10-13-21-11-4-1-5-12-21)19-28(24)27(30)26(22-14-6-2-7-15-22)23-16-8-3-9-17-23/h2*1-9,11-12,14-17,23-25H,10,13,18-19H2,(H,30,31);2*1-9,11-12,14-17,24-26,29H,10,13,18-20H2/t2*23-,25+;2*24-,25-/m1010/s1. The first-order chi connectivity index (χ1) is 61.8. The summed E-state index contributed by atoms with van der Waals surface area (Å²) < 4.78 is 23.8. The van der Waals surface area contributed by atoms with Gasteiger partial charge in [0, 0.05) is 39.5 Å². The smallest absolute Gasteiger partial charge is 0.329 e. The normalized spacial score (nSPS) is 17.9. The number of aliphatic hydroxyl groups excluding tert-OH is 2. The topological polar surface area (TPSA) is 233 Å². The Balaban J connectivity index is 0.000000144. The molecule has 0 spiro atoms. The Hall–Kier alpha value is -12.8. The Kier molecular flexibility index (Phi) is 34.2. The van der Waals surface area contributed by atoms with Gasteiger partial charge < -0.3 is 59.0 Å². The van der Waals surface area contributed by atoms with Gasteiger partial charge in [0.1, 0.15) is 12.2 Å². The Morgan fingerprint density at radius 3 is 0.595 bits per heavy atom. The highest BCUT2D eigenvalue weighted by Gasteiger charge is 2.52. The first kappa shape index (κ1) is 90.9. The molecule has 0 unspecified atom stereocenters. The number of carboxylic acids is 2. The highest BCUT2D eigenvalue weighted by Crippen LogP contribution is 2.38. The Morgan fingerprint density at radius 1 is 0.246 bits per heavy atom. The zero-order chi connectivity index (χ0) is 87.6. The summed E-state index contributed by atoms with van der Waals surface area (Å²) in [6.45, 7) is 3.61. The van der Waals surface area contributed by atoms with Crippen LogP contribution in [0.3, 0.4) is 0 Å². The summed E-state index contributed by atoms with van der Waals surface area (Å²) in [7, 11) is 0. The van der Waals surface area contributed by atoms with Crippen molar-refractivity contribution in [3.8, 4) is 0 Å². The maximum absolute atomic E-state index is 13.5. The number of benzene rings is 12. The van der Waals surface area contributed by atoms with Gasteiger partial charge in [0.25, 0.3) is 0 Å². The number of nitrogens with zero attached hydrogens (tertiary/aromatic N) is 4. The highest BCUT2D eigenvalue weighted by atomic mass is 16.5. The van der Waals surface area contributed by atoms with Crippen molar-refractivity contribution in [2.75, 3.05) is 65.8 Å². The molecule has 4 heterocycles. The summed E-state index contributed by atoms with van der Waals surface area (Å²) >= 11 is 0. The van der Waals surface area contributed by atoms with Gasteiger partial charge in [-0.2, -0.15) is 0 Å². The number of carbonyl (C=O) groups excluding carboxylic acids is 4. The van der Waals surface area contributed by atoms with Gasteiger partial charge in [0.15, 0.2) is 12.1 Å². The number of rotatable bonds is 36. The maximum Gasteiger partial charge on any atom is 0.329 e. The molecule has 648 valence electrons. The van der Waals surface area contributed by atoms with E-state index >= 15 is 0 Å². The fourth-order valence-corrected chi connectivity index (χ4v) is 16.9. The Labute approximate surface area is 739 Å². The molecule has 0 saturated carbocycles. The molecular weight excluding hydrogens is 1580 g/mol. The zero-order valence-corrected chi connectivity index (χ0v) is 71.0. The monoisotopic (exact) mass is 1690 g/mol. The van der Waals surface area contributed by atoms with E-state index in [9.17, 15) is 49.2 Å². The van der Waals surface area contributed by atoms with Crippen molar-refractivity contribution >= 4 is 35.6 Å². The molecule has 4 aliphatic rings. The molecule has 4 amide bonds. The van der Waals surface area contributed by atoms with Crippen LogP contribution in [-0.2, 0) is 73.4 Å². The second kappa shape index (κ2) is 47.4. The minimum atomic E-state index is -1.03. The lowest BCUT2D eigenvalue weighted by Crippen LogP contribution is -2.67. The number of amides is 4. The van der Waals surface area contributed by atoms with Crippen LogP contribution in [0.25, 0.3) is 0 Å². The highest BCUT2D eigenvalue weighted by molar-refractivity contribution is 5.94. The van der Waals surface area contributed by atoms with E-state index in [0.717, 1.165) is 95.9 Å². The fraction of sp³-hybridized carbons (Fsp3) is 0.278. The van der Waals surface area contributed by atoms with Crippen LogP contribution >= 0.6 is 0 Å². The summed E-state index contributed by atoms with van der Waals surface area (Å²) in [4.78, 5) is 84.4. The van der Waals surface area contributed by atoms with Crippen LogP contribution in [0, 0.1) is 0 Å². The summed E-state index contributed by atoms with van der Waals surface area (Å²) in [6, 6.07) is 116. The third kappa shape index (κ3) is 24.4. The van der Waals surface area contributed by atoms with Gasteiger partial charge in [-0.25, -0.2) is 9.59 Å². The van der Waals surface area contributed by atoms with Gasteiger partial charge in [-0.3, -0.25) is 19.2 Å². The average Bonchev–Trinajstić information content (AvgIpc) is 0.877. The summed E-state index contributed by atoms with van der Waals surface area (Å²) in [5.41, 5.74) is 12.3. The number of carbonyl (C=O) groups is 6. The van der Waals surface area contributed by atoms with Crippen molar-refractivity contribution in [2.45, 2.75) is 124 Å². The minimum absolute atomic E-state index is 0.0144. The predicted molar refractivity (Wildman–Crippen MR) is 488 cm³/mol. The summed E-state index contributed by atoms with van der Waals surface area (Å²) in [5.74, 6) is -4.29. The van der Waals surface area contributed by atoms with Crippen molar-refractivity contribution < 1.29 is 68.1 Å². The number of ether oxygens (including phenoxy) is 4. The molecule has 0 radical (unpaired) electrons. The van der Waals surface area contributed by atoms with Crippen LogP contribution in [0.1, 0.15) is 116 Å². The SMILES string of the molecule is O=C(C(c1ccccc1)c1ccccc1)N1C[C@@H](OCCCc2ccccc2)[C@H]1CO.O=C(C(c1ccccc1)c1ccccc1)N1C[C@H](OCCCc2ccccc2)[C@@H]1CO.O=C(O)[C@@H]1[C@H](OCCCc2ccccc2)CN1C(=O)C(c1ccccc1)c1ccccc1.O=C(O)[C@H]1[C@@H](OCCCc2ccccc2)CN1C(=O)C(c1ccccc1)c1ccccc1. The molecule has 12 aromatic rings. The van der Waals surface area contributed by atoms with E-state index < -0.39 is 48.1 Å². The Morgan fingerprint density at radius 2 is 0.413 bits per heavy atom. The van der Waals surface area contributed by atoms with E-state index in [0.29, 0.717) is 39.5 Å². The molecule has 0 bridgehead atoms. The zero-order valence-electron chi connectivity index (χ0n) is 71.0. The molecule has 4 saturated heterocycles. The molecule has 126 heavy (non-hydrogen) atoms. The van der Waals surface area contributed by atoms with Crippen LogP contribution in [-0.4, -0.2) is 190 Å². The van der Waals surface area contributed by atoms with E-state index in [1.54, 1.807) is 9.80 Å². The average molecular weight is 1690 g/mol. The first-order valence-corrected chi connectivity index (χ1v) is 43.8. The third-order valence-electron chi connectivity index (χ3n) is 23.7. The van der Waals surface area contributed by atoms with E-state index in [2.05, 4.69) is 48.5 Å². The summed E-state index contributed by atoms with van der Waals surface area (Å²) in [6.07, 6.45) is 5.92. The number of aliphatic carboxylic acids is 2. The van der Waals surface area contributed by atoms with Crippen LogP contribution in [0.15, 0.2) is 364 Å². The molecular formula is C108H112N4O14.